The highest BCUT2D eigenvalue weighted by Crippen LogP contribution is 2.77. The third-order valence-corrected chi connectivity index (χ3v) is 9.79. The summed E-state index contributed by atoms with van der Waals surface area (Å²) in [5, 5.41) is 23.8. The number of nitro groups is 1. The fourth-order valence-electron chi connectivity index (χ4n) is 8.27. The number of carbonyl (C=O) groups excluding carboxylic acids is 1. The number of benzene rings is 1. The number of rotatable bonds is 5. The van der Waals surface area contributed by atoms with Crippen LogP contribution < -0.4 is 5.32 Å². The van der Waals surface area contributed by atoms with Crippen molar-refractivity contribution in [1.29, 1.82) is 0 Å². The monoisotopic (exact) mass is 396 g/mol. The summed E-state index contributed by atoms with van der Waals surface area (Å²) in [7, 11) is 0. The van der Waals surface area contributed by atoms with Gasteiger partial charge in [-0.1, -0.05) is 6.92 Å². The molecule has 0 bridgehead atoms. The van der Waals surface area contributed by atoms with E-state index in [4.69, 9.17) is 0 Å². The van der Waals surface area contributed by atoms with Gasteiger partial charge in [0, 0.05) is 18.2 Å². The molecule has 5 aliphatic carbocycles. The molecular formula is C23H28N2O4. The van der Waals surface area contributed by atoms with Crippen molar-refractivity contribution in [3.8, 4) is 5.75 Å². The number of nitrogens with zero attached hydrogens (tertiary/aromatic N) is 1. The number of fused-ring (bicyclic) bond motifs is 5. The molecule has 154 valence electrons. The van der Waals surface area contributed by atoms with Crippen LogP contribution in [0.4, 0.5) is 5.69 Å². The normalized spacial score (nSPS) is 45.6. The van der Waals surface area contributed by atoms with Gasteiger partial charge in [0.25, 0.3) is 5.91 Å². The van der Waals surface area contributed by atoms with E-state index in [9.17, 15) is 20.0 Å². The average molecular weight is 396 g/mol. The van der Waals surface area contributed by atoms with E-state index >= 15 is 0 Å². The van der Waals surface area contributed by atoms with Crippen LogP contribution in [0.3, 0.4) is 0 Å². The van der Waals surface area contributed by atoms with E-state index in [-0.39, 0.29) is 17.2 Å². The first-order chi connectivity index (χ1) is 14.0. The Morgan fingerprint density at radius 3 is 2.31 bits per heavy atom. The summed E-state index contributed by atoms with van der Waals surface area (Å²) in [4.78, 5) is 22.9. The minimum absolute atomic E-state index is 0.245. The largest absolute Gasteiger partial charge is 0.502 e. The number of hydrogen-bond donors (Lipinski definition) is 2. The Balaban J connectivity index is 1.15. The molecule has 10 unspecified atom stereocenters. The molecule has 0 heterocycles. The van der Waals surface area contributed by atoms with Crippen molar-refractivity contribution in [3.05, 3.63) is 33.9 Å². The highest BCUT2D eigenvalue weighted by atomic mass is 16.6. The molecule has 2 N–H and O–H groups in total. The zero-order valence-corrected chi connectivity index (χ0v) is 16.7. The molecule has 0 radical (unpaired) electrons. The molecule has 0 aliphatic heterocycles. The van der Waals surface area contributed by atoms with E-state index < -0.39 is 10.7 Å². The average Bonchev–Trinajstić information content (AvgIpc) is 2.64. The first kappa shape index (κ1) is 17.7. The van der Waals surface area contributed by atoms with Crippen LogP contribution in [0.5, 0.6) is 5.75 Å². The standard InChI is InChI=1S/C23H28N2O4/c1-10-12-3-4-13(12)19(10)22-16(20-14-5-6-15(14)21(20)22)9-24-23(27)11-2-7-17(25(28)29)18(26)8-11/h2,7-8,10,12-16,19-22,26H,3-6,9H2,1H3,(H,24,27). The van der Waals surface area contributed by atoms with Crippen LogP contribution in [0.15, 0.2) is 18.2 Å². The second-order valence-electron chi connectivity index (χ2n) is 10.3. The minimum Gasteiger partial charge on any atom is -0.502 e. The molecule has 6 heteroatoms. The van der Waals surface area contributed by atoms with E-state index in [1.807, 2.05) is 0 Å². The molecule has 6 rings (SSSR count). The molecule has 1 aromatic rings. The molecule has 5 aliphatic rings. The maximum absolute atomic E-state index is 12.6. The number of aromatic hydroxyl groups is 1. The number of phenols is 1. The van der Waals surface area contributed by atoms with Crippen LogP contribution in [-0.2, 0) is 0 Å². The van der Waals surface area contributed by atoms with Crippen LogP contribution >= 0.6 is 0 Å². The van der Waals surface area contributed by atoms with Crippen LogP contribution in [0.2, 0.25) is 0 Å². The Morgan fingerprint density at radius 2 is 1.72 bits per heavy atom. The van der Waals surface area contributed by atoms with Crippen molar-refractivity contribution in [3.63, 3.8) is 0 Å². The van der Waals surface area contributed by atoms with Gasteiger partial charge in [-0.15, -0.1) is 0 Å². The molecule has 0 aromatic heterocycles. The molecule has 1 amide bonds. The lowest BCUT2D eigenvalue weighted by molar-refractivity contribution is -0.385. The van der Waals surface area contributed by atoms with Gasteiger partial charge in [-0.3, -0.25) is 14.9 Å². The SMILES string of the molecule is CC1C2CCC2C1C1C(CNC(=O)c2ccc([N+](=O)[O-])c(O)c2)C2C3CCC3C21. The fraction of sp³-hybridized carbons (Fsp3) is 0.696. The third-order valence-electron chi connectivity index (χ3n) is 9.79. The summed E-state index contributed by atoms with van der Waals surface area (Å²) in [6.45, 7) is 3.15. The zero-order valence-electron chi connectivity index (χ0n) is 16.7. The lowest BCUT2D eigenvalue weighted by atomic mass is 9.27. The molecule has 5 fully saturated rings. The maximum Gasteiger partial charge on any atom is 0.310 e. The predicted octanol–water partition coefficient (Wildman–Crippen LogP) is 3.84. The predicted molar refractivity (Wildman–Crippen MR) is 106 cm³/mol. The summed E-state index contributed by atoms with van der Waals surface area (Å²) in [5.41, 5.74) is -0.0883. The Hall–Kier alpha value is -2.11. The Labute approximate surface area is 170 Å². The Kier molecular flexibility index (Phi) is 3.64. The highest BCUT2D eigenvalue weighted by molar-refractivity contribution is 5.95. The lowest BCUT2D eigenvalue weighted by Gasteiger charge is -2.78. The van der Waals surface area contributed by atoms with Crippen molar-refractivity contribution < 1.29 is 14.8 Å². The van der Waals surface area contributed by atoms with E-state index in [0.717, 1.165) is 53.3 Å². The van der Waals surface area contributed by atoms with Crippen LogP contribution in [0.1, 0.15) is 43.0 Å². The summed E-state index contributed by atoms with van der Waals surface area (Å²) in [5.74, 6) is 7.87. The molecule has 0 spiro atoms. The quantitative estimate of drug-likeness (QED) is 0.584. The minimum atomic E-state index is -0.644. The van der Waals surface area contributed by atoms with Gasteiger partial charge < -0.3 is 10.4 Å². The number of nitrogens with one attached hydrogen (secondary N) is 1. The number of phenolic OH excluding ortho intramolecular Hbond substituents is 1. The summed E-state index contributed by atoms with van der Waals surface area (Å²) in [6, 6.07) is 3.82. The van der Waals surface area contributed by atoms with Gasteiger partial charge in [0.2, 0.25) is 0 Å². The summed E-state index contributed by atoms with van der Waals surface area (Å²) >= 11 is 0. The van der Waals surface area contributed by atoms with E-state index in [0.29, 0.717) is 12.5 Å². The van der Waals surface area contributed by atoms with Gasteiger partial charge in [0.1, 0.15) is 0 Å². The molecule has 5 saturated carbocycles. The summed E-state index contributed by atoms with van der Waals surface area (Å²) in [6.07, 6.45) is 5.60. The molecule has 29 heavy (non-hydrogen) atoms. The van der Waals surface area contributed by atoms with Gasteiger partial charge in [-0.2, -0.15) is 0 Å². The third kappa shape index (κ3) is 2.20. The molecule has 10 atom stereocenters. The van der Waals surface area contributed by atoms with Crippen molar-refractivity contribution in [2.24, 2.45) is 59.2 Å². The highest BCUT2D eigenvalue weighted by Gasteiger charge is 2.72. The topological polar surface area (TPSA) is 92.5 Å². The Morgan fingerprint density at radius 1 is 1.07 bits per heavy atom. The van der Waals surface area contributed by atoms with E-state index in [2.05, 4.69) is 12.2 Å². The zero-order chi connectivity index (χ0) is 20.0. The molecule has 0 saturated heterocycles. The number of carbonyl (C=O) groups is 1. The summed E-state index contributed by atoms with van der Waals surface area (Å²) < 4.78 is 0. The Bertz CT molecular complexity index is 895. The van der Waals surface area contributed by atoms with Gasteiger partial charge in [0.15, 0.2) is 5.75 Å². The molecule has 1 aromatic carbocycles. The smallest absolute Gasteiger partial charge is 0.310 e. The molecular weight excluding hydrogens is 368 g/mol. The van der Waals surface area contributed by atoms with Crippen LogP contribution in [-0.4, -0.2) is 22.5 Å². The van der Waals surface area contributed by atoms with Crippen LogP contribution in [0, 0.1) is 69.3 Å². The van der Waals surface area contributed by atoms with Crippen molar-refractivity contribution in [1.82, 2.24) is 5.32 Å². The van der Waals surface area contributed by atoms with E-state index in [1.54, 1.807) is 0 Å². The van der Waals surface area contributed by atoms with Crippen molar-refractivity contribution in [2.45, 2.75) is 32.6 Å². The van der Waals surface area contributed by atoms with Gasteiger partial charge >= 0.3 is 5.69 Å². The maximum atomic E-state index is 12.6. The molecule has 6 nitrogen and oxygen atoms in total. The van der Waals surface area contributed by atoms with Gasteiger partial charge in [0.05, 0.1) is 4.92 Å². The number of hydrogen-bond acceptors (Lipinski definition) is 4. The van der Waals surface area contributed by atoms with Crippen molar-refractivity contribution in [2.75, 3.05) is 6.54 Å². The lowest BCUT2D eigenvalue weighted by Crippen LogP contribution is -2.74. The van der Waals surface area contributed by atoms with Crippen molar-refractivity contribution >= 4 is 11.6 Å². The fourth-order valence-corrected chi connectivity index (χ4v) is 8.27. The van der Waals surface area contributed by atoms with Crippen LogP contribution in [0.25, 0.3) is 0 Å². The van der Waals surface area contributed by atoms with E-state index in [1.165, 1.54) is 43.9 Å². The first-order valence-electron chi connectivity index (χ1n) is 11.2. The number of nitro benzene ring substituents is 1. The number of amides is 1. The second-order valence-corrected chi connectivity index (χ2v) is 10.3. The first-order valence-corrected chi connectivity index (χ1v) is 11.2. The van der Waals surface area contributed by atoms with Gasteiger partial charge in [-0.25, -0.2) is 0 Å². The second kappa shape index (κ2) is 5.96. The van der Waals surface area contributed by atoms with Gasteiger partial charge in [-0.05, 0) is 97.0 Å².